The molecule has 0 spiro atoms. The molecule has 13 heteroatoms. The number of nitrogens with two attached hydrogens (primary N) is 1. The summed E-state index contributed by atoms with van der Waals surface area (Å²) in [5.74, 6) is -2.92. The van der Waals surface area contributed by atoms with Gasteiger partial charge in [-0.1, -0.05) is 24.3 Å². The number of nitrogens with one attached hydrogen (secondary N) is 3. The second-order valence-electron chi connectivity index (χ2n) is 11.2. The van der Waals surface area contributed by atoms with Crippen molar-refractivity contribution < 1.29 is 32.2 Å². The number of benzene rings is 2. The van der Waals surface area contributed by atoms with Crippen molar-refractivity contribution in [1.82, 2.24) is 15.3 Å². The molecule has 0 saturated carbocycles. The van der Waals surface area contributed by atoms with Crippen LogP contribution in [0.2, 0.25) is 0 Å². The van der Waals surface area contributed by atoms with Gasteiger partial charge in [-0.15, -0.1) is 0 Å². The zero-order chi connectivity index (χ0) is 33.3. The topological polar surface area (TPSA) is 140 Å². The van der Waals surface area contributed by atoms with Crippen LogP contribution in [-0.2, 0) is 20.7 Å². The molecule has 246 valence electrons. The van der Waals surface area contributed by atoms with Gasteiger partial charge in [-0.2, -0.15) is 0 Å². The number of carbonyl (C=O) groups is 2. The molecule has 1 aliphatic rings. The van der Waals surface area contributed by atoms with E-state index in [1.54, 1.807) is 12.1 Å². The Labute approximate surface area is 269 Å². The lowest BCUT2D eigenvalue weighted by Crippen LogP contribution is -2.47. The average molecular weight is 649 g/mol. The minimum absolute atomic E-state index is 0.000709. The second kappa shape index (κ2) is 15.6. The van der Waals surface area contributed by atoms with Crippen molar-refractivity contribution in [2.24, 2.45) is 5.73 Å². The Balaban J connectivity index is 1.20. The summed E-state index contributed by atoms with van der Waals surface area (Å²) < 4.78 is 53.8. The van der Waals surface area contributed by atoms with E-state index in [0.29, 0.717) is 36.3 Å². The zero-order valence-corrected chi connectivity index (χ0v) is 25.6. The van der Waals surface area contributed by atoms with E-state index in [1.807, 2.05) is 6.92 Å². The highest BCUT2D eigenvalue weighted by molar-refractivity contribution is 5.96. The Kier molecular flexibility index (Phi) is 11.1. The number of hydrogen-bond donors (Lipinski definition) is 4. The number of nitrogens with zero attached hydrogens (tertiary/aromatic N) is 2. The third kappa shape index (κ3) is 9.12. The first-order valence-electron chi connectivity index (χ1n) is 15.1. The van der Waals surface area contributed by atoms with Crippen LogP contribution in [0.5, 0.6) is 0 Å². The first kappa shape index (κ1) is 33.5. The van der Waals surface area contributed by atoms with Crippen LogP contribution >= 0.6 is 0 Å². The van der Waals surface area contributed by atoms with Gasteiger partial charge in [-0.3, -0.25) is 20.1 Å². The Morgan fingerprint density at radius 2 is 1.60 bits per heavy atom. The fourth-order valence-electron chi connectivity index (χ4n) is 5.35. The summed E-state index contributed by atoms with van der Waals surface area (Å²) in [7, 11) is 0. The first-order chi connectivity index (χ1) is 22.7. The maximum absolute atomic E-state index is 15.1. The monoisotopic (exact) mass is 648 g/mol. The fraction of sp³-hybridized carbons (Fsp3) is 0.294. The van der Waals surface area contributed by atoms with Gasteiger partial charge >= 0.3 is 6.09 Å². The van der Waals surface area contributed by atoms with Crippen LogP contribution in [0.1, 0.15) is 34.7 Å². The predicted molar refractivity (Wildman–Crippen MR) is 169 cm³/mol. The molecule has 5 N–H and O–H groups in total. The van der Waals surface area contributed by atoms with E-state index in [0.717, 1.165) is 11.9 Å². The van der Waals surface area contributed by atoms with E-state index in [2.05, 4.69) is 25.9 Å². The molecular formula is C34H35F3N6O4. The van der Waals surface area contributed by atoms with Crippen LogP contribution in [0, 0.1) is 24.4 Å². The molecule has 10 nitrogen and oxygen atoms in total. The Hall–Kier alpha value is -4.85. The summed E-state index contributed by atoms with van der Waals surface area (Å²) >= 11 is 0. The van der Waals surface area contributed by atoms with Gasteiger partial charge in [-0.05, 0) is 67.3 Å². The molecule has 0 aliphatic carbocycles. The second-order valence-corrected chi connectivity index (χ2v) is 11.2. The molecule has 0 radical (unpaired) electrons. The van der Waals surface area contributed by atoms with Crippen molar-refractivity contribution >= 4 is 23.4 Å². The molecule has 3 atom stereocenters. The van der Waals surface area contributed by atoms with Crippen LogP contribution in [0.25, 0.3) is 0 Å². The van der Waals surface area contributed by atoms with Crippen LogP contribution in [-0.4, -0.2) is 59.9 Å². The van der Waals surface area contributed by atoms with Crippen LogP contribution in [0.3, 0.4) is 0 Å². The summed E-state index contributed by atoms with van der Waals surface area (Å²) in [5, 5.41) is 8.56. The van der Waals surface area contributed by atoms with Crippen LogP contribution in [0.4, 0.5) is 29.3 Å². The maximum atomic E-state index is 15.1. The molecule has 0 bridgehead atoms. The highest BCUT2D eigenvalue weighted by atomic mass is 19.1. The molecule has 4 aromatic rings. The summed E-state index contributed by atoms with van der Waals surface area (Å²) in [6, 6.07) is 13.3. The van der Waals surface area contributed by atoms with Crippen molar-refractivity contribution in [3.63, 3.8) is 0 Å². The number of amides is 2. The average Bonchev–Trinajstić information content (AvgIpc) is 3.06. The Morgan fingerprint density at radius 1 is 0.936 bits per heavy atom. The summed E-state index contributed by atoms with van der Waals surface area (Å²) in [4.78, 5) is 33.7. The number of aromatic nitrogens is 2. The van der Waals surface area contributed by atoms with Gasteiger partial charge in [0.05, 0.1) is 42.1 Å². The highest BCUT2D eigenvalue weighted by Crippen LogP contribution is 2.29. The van der Waals surface area contributed by atoms with Gasteiger partial charge in [0, 0.05) is 30.3 Å². The van der Waals surface area contributed by atoms with Crippen molar-refractivity contribution in [2.45, 2.75) is 43.9 Å². The number of carbonyl (C=O) groups excluding carboxylic acids is 2. The molecule has 3 heterocycles. The molecule has 5 rings (SSSR count). The lowest BCUT2D eigenvalue weighted by molar-refractivity contribution is -0.117. The quantitative estimate of drug-likeness (QED) is 0.181. The minimum Gasteiger partial charge on any atom is -0.446 e. The van der Waals surface area contributed by atoms with Gasteiger partial charge in [0.15, 0.2) is 0 Å². The van der Waals surface area contributed by atoms with Crippen LogP contribution in [0.15, 0.2) is 79.3 Å². The predicted octanol–water partition coefficient (Wildman–Crippen LogP) is 4.84. The molecule has 47 heavy (non-hydrogen) atoms. The number of anilines is 2. The molecule has 1 saturated heterocycles. The first-order valence-corrected chi connectivity index (χ1v) is 15.1. The SMILES string of the molecule is Cc1ccc(NC(=O)OC[C@@H]2CNC[C@@H](CCc3c(F)cncc3NC(=O)[C@@H](N)C(c3ccc(F)cc3)c3ccc(F)cc3)O2)cn1. The summed E-state index contributed by atoms with van der Waals surface area (Å²) in [5.41, 5.74) is 9.23. The maximum Gasteiger partial charge on any atom is 0.411 e. The minimum atomic E-state index is -1.20. The van der Waals surface area contributed by atoms with E-state index in [9.17, 15) is 18.4 Å². The number of rotatable bonds is 11. The summed E-state index contributed by atoms with van der Waals surface area (Å²) in [6.07, 6.45) is 3.11. The van der Waals surface area contributed by atoms with Gasteiger partial charge in [0.2, 0.25) is 5.91 Å². The molecule has 2 aromatic heterocycles. The number of halogens is 3. The van der Waals surface area contributed by atoms with E-state index in [4.69, 9.17) is 15.2 Å². The highest BCUT2D eigenvalue weighted by Gasteiger charge is 2.29. The zero-order valence-electron chi connectivity index (χ0n) is 25.6. The number of hydrogen-bond acceptors (Lipinski definition) is 8. The van der Waals surface area contributed by atoms with Crippen molar-refractivity contribution in [3.05, 3.63) is 119 Å². The van der Waals surface area contributed by atoms with Gasteiger partial charge in [0.1, 0.15) is 30.2 Å². The fourth-order valence-corrected chi connectivity index (χ4v) is 5.35. The van der Waals surface area contributed by atoms with E-state index >= 15 is 4.39 Å². The number of pyridine rings is 2. The molecule has 0 unspecified atom stereocenters. The van der Waals surface area contributed by atoms with E-state index in [-0.39, 0.29) is 30.4 Å². The Bertz CT molecular complexity index is 1610. The molecule has 1 fully saturated rings. The number of morpholine rings is 1. The molecular weight excluding hydrogens is 613 g/mol. The largest absolute Gasteiger partial charge is 0.446 e. The van der Waals surface area contributed by atoms with Crippen molar-refractivity contribution in [2.75, 3.05) is 30.3 Å². The molecule has 2 aromatic carbocycles. The smallest absolute Gasteiger partial charge is 0.411 e. The molecule has 1 aliphatic heterocycles. The van der Waals surface area contributed by atoms with Crippen LogP contribution < -0.4 is 21.7 Å². The normalized spacial score (nSPS) is 16.8. The van der Waals surface area contributed by atoms with E-state index < -0.39 is 47.5 Å². The molecule has 2 amide bonds. The van der Waals surface area contributed by atoms with Gasteiger partial charge < -0.3 is 25.8 Å². The third-order valence-corrected chi connectivity index (χ3v) is 7.79. The number of ether oxygens (including phenoxy) is 2. The van der Waals surface area contributed by atoms with Crippen molar-refractivity contribution in [1.29, 1.82) is 0 Å². The summed E-state index contributed by atoms with van der Waals surface area (Å²) in [6.45, 7) is 2.79. The lowest BCUT2D eigenvalue weighted by Gasteiger charge is -2.31. The van der Waals surface area contributed by atoms with Gasteiger partial charge in [0.25, 0.3) is 0 Å². The number of aryl methyl sites for hydroxylation is 1. The van der Waals surface area contributed by atoms with E-state index in [1.165, 1.54) is 60.9 Å². The van der Waals surface area contributed by atoms with Crippen molar-refractivity contribution in [3.8, 4) is 0 Å². The Morgan fingerprint density at radius 3 is 2.23 bits per heavy atom. The third-order valence-electron chi connectivity index (χ3n) is 7.79. The lowest BCUT2D eigenvalue weighted by atomic mass is 9.85. The standard InChI is InChI=1S/C34H35F3N6O4/c1-20-2-11-25(14-41-20)42-34(45)46-19-27-16-39-15-26(47-27)12-13-28-29(37)17-40-18-30(28)43-33(44)32(38)31(21-3-7-23(35)8-4-21)22-5-9-24(36)10-6-22/h2-11,14,17-18,26-27,31-32,39H,12-13,15-16,19,38H2,1H3,(H,42,45)(H,43,44)/t26-,27+,32+/m1/s1. The van der Waals surface area contributed by atoms with Gasteiger partial charge in [-0.25, -0.2) is 18.0 Å².